The number of aliphatic carboxylic acids is 1. The van der Waals surface area contributed by atoms with Crippen LogP contribution in [0.4, 0.5) is 0 Å². The fourth-order valence-electron chi connectivity index (χ4n) is 3.72. The van der Waals surface area contributed by atoms with E-state index in [2.05, 4.69) is 5.32 Å². The van der Waals surface area contributed by atoms with E-state index < -0.39 is 29.8 Å². The number of fused-ring (bicyclic) bond motifs is 3. The zero-order valence-corrected chi connectivity index (χ0v) is 15.8. The van der Waals surface area contributed by atoms with Crippen molar-refractivity contribution in [2.45, 2.75) is 32.2 Å². The summed E-state index contributed by atoms with van der Waals surface area (Å²) >= 11 is 0. The molecule has 28 heavy (non-hydrogen) atoms. The van der Waals surface area contributed by atoms with Gasteiger partial charge in [-0.15, -0.1) is 0 Å². The minimum Gasteiger partial charge on any atom is -0.480 e. The number of esters is 1. The Bertz CT molecular complexity index is 862. The van der Waals surface area contributed by atoms with Crippen LogP contribution in [-0.4, -0.2) is 35.6 Å². The lowest BCUT2D eigenvalue weighted by Gasteiger charge is -2.23. The third-order valence-corrected chi connectivity index (χ3v) is 5.02. The largest absolute Gasteiger partial charge is 0.480 e. The van der Waals surface area contributed by atoms with E-state index in [1.54, 1.807) is 13.8 Å². The molecule has 2 N–H and O–H groups in total. The summed E-state index contributed by atoms with van der Waals surface area (Å²) in [6, 6.07) is 14.1. The first kappa shape index (κ1) is 19.6. The Kier molecular flexibility index (Phi) is 5.78. The molecule has 0 aliphatic heterocycles. The van der Waals surface area contributed by atoms with Crippen LogP contribution in [0, 0.1) is 5.92 Å². The number of carboxylic acid groups (broad SMARTS) is 1. The van der Waals surface area contributed by atoms with Gasteiger partial charge >= 0.3 is 11.9 Å². The standard InChI is InChI=1S/C22H23NO5/c1-3-28-18(24)12-13(2)20(22(26)27)23-21(25)19-16-10-6-4-8-14(16)15-9-5-7-11-17(15)19/h4-11,13,19-20H,3,12H2,1-2H3,(H,23,25)(H,26,27)/t13-,20+/m0/s1. The number of carboxylic acids is 1. The number of carbonyl (C=O) groups excluding carboxylic acids is 2. The van der Waals surface area contributed by atoms with Crippen LogP contribution in [-0.2, 0) is 19.1 Å². The third kappa shape index (κ3) is 3.76. The average molecular weight is 381 g/mol. The molecular weight excluding hydrogens is 358 g/mol. The van der Waals surface area contributed by atoms with E-state index in [1.807, 2.05) is 48.5 Å². The Morgan fingerprint density at radius 3 is 2.07 bits per heavy atom. The second-order valence-corrected chi connectivity index (χ2v) is 6.92. The number of benzene rings is 2. The first-order valence-electron chi connectivity index (χ1n) is 9.31. The maximum atomic E-state index is 13.1. The van der Waals surface area contributed by atoms with Gasteiger partial charge in [-0.05, 0) is 35.1 Å². The molecule has 1 aliphatic carbocycles. The molecule has 0 spiro atoms. The van der Waals surface area contributed by atoms with Crippen LogP contribution in [0.2, 0.25) is 0 Å². The summed E-state index contributed by atoms with van der Waals surface area (Å²) in [6.45, 7) is 3.53. The molecule has 0 fully saturated rings. The van der Waals surface area contributed by atoms with Crippen molar-refractivity contribution in [1.82, 2.24) is 5.32 Å². The summed E-state index contributed by atoms with van der Waals surface area (Å²) in [7, 11) is 0. The Morgan fingerprint density at radius 1 is 1.04 bits per heavy atom. The minimum atomic E-state index is -1.18. The number of amides is 1. The molecule has 0 unspecified atom stereocenters. The number of ether oxygens (including phenoxy) is 1. The number of hydrogen-bond donors (Lipinski definition) is 2. The van der Waals surface area contributed by atoms with Crippen molar-refractivity contribution in [1.29, 1.82) is 0 Å². The van der Waals surface area contributed by atoms with E-state index in [1.165, 1.54) is 0 Å². The van der Waals surface area contributed by atoms with Gasteiger partial charge in [0.25, 0.3) is 0 Å². The summed E-state index contributed by atoms with van der Waals surface area (Å²) < 4.78 is 4.90. The maximum absolute atomic E-state index is 13.1. The molecule has 0 saturated heterocycles. The fraction of sp³-hybridized carbons (Fsp3) is 0.318. The molecular formula is C22H23NO5. The molecule has 1 aliphatic rings. The van der Waals surface area contributed by atoms with Crippen LogP contribution >= 0.6 is 0 Å². The molecule has 6 nitrogen and oxygen atoms in total. The first-order valence-corrected chi connectivity index (χ1v) is 9.31. The lowest BCUT2D eigenvalue weighted by atomic mass is 9.93. The van der Waals surface area contributed by atoms with Crippen molar-refractivity contribution in [3.63, 3.8) is 0 Å². The van der Waals surface area contributed by atoms with E-state index in [0.717, 1.165) is 22.3 Å². The molecule has 2 atom stereocenters. The van der Waals surface area contributed by atoms with Gasteiger partial charge in [0.15, 0.2) is 0 Å². The third-order valence-electron chi connectivity index (χ3n) is 5.02. The minimum absolute atomic E-state index is 0.0804. The average Bonchev–Trinajstić information content (AvgIpc) is 3.00. The lowest BCUT2D eigenvalue weighted by molar-refractivity contribution is -0.147. The Labute approximate surface area is 163 Å². The lowest BCUT2D eigenvalue weighted by Crippen LogP contribution is -2.47. The van der Waals surface area contributed by atoms with Gasteiger partial charge in [-0.2, -0.15) is 0 Å². The smallest absolute Gasteiger partial charge is 0.326 e. The number of carbonyl (C=O) groups is 3. The number of hydrogen-bond acceptors (Lipinski definition) is 4. The highest BCUT2D eigenvalue weighted by Crippen LogP contribution is 2.44. The maximum Gasteiger partial charge on any atom is 0.326 e. The van der Waals surface area contributed by atoms with E-state index in [4.69, 9.17) is 4.74 Å². The molecule has 1 amide bonds. The molecule has 2 aromatic rings. The Balaban J connectivity index is 1.85. The van der Waals surface area contributed by atoms with Crippen molar-refractivity contribution in [2.24, 2.45) is 5.92 Å². The van der Waals surface area contributed by atoms with Gasteiger partial charge in [0.1, 0.15) is 6.04 Å². The van der Waals surface area contributed by atoms with E-state index in [9.17, 15) is 19.5 Å². The molecule has 3 rings (SSSR count). The SMILES string of the molecule is CCOC(=O)C[C@H](C)[C@@H](NC(=O)C1c2ccccc2-c2ccccc21)C(=O)O. The van der Waals surface area contributed by atoms with Crippen LogP contribution in [0.3, 0.4) is 0 Å². The quantitative estimate of drug-likeness (QED) is 0.720. The van der Waals surface area contributed by atoms with Gasteiger partial charge in [-0.3, -0.25) is 9.59 Å². The summed E-state index contributed by atoms with van der Waals surface area (Å²) in [6.07, 6.45) is -0.0804. The summed E-state index contributed by atoms with van der Waals surface area (Å²) in [5.41, 5.74) is 3.65. The molecule has 0 radical (unpaired) electrons. The summed E-state index contributed by atoms with van der Waals surface area (Å²) in [5.74, 6) is -3.23. The Morgan fingerprint density at radius 2 is 1.57 bits per heavy atom. The van der Waals surface area contributed by atoms with Crippen molar-refractivity contribution >= 4 is 17.8 Å². The normalized spacial score (nSPS) is 14.5. The van der Waals surface area contributed by atoms with Gasteiger partial charge in [-0.25, -0.2) is 4.79 Å². The monoisotopic (exact) mass is 381 g/mol. The summed E-state index contributed by atoms with van der Waals surface area (Å²) in [4.78, 5) is 36.6. The van der Waals surface area contributed by atoms with Crippen LogP contribution in [0.1, 0.15) is 37.3 Å². The van der Waals surface area contributed by atoms with Crippen LogP contribution in [0.15, 0.2) is 48.5 Å². The number of nitrogens with one attached hydrogen (secondary N) is 1. The highest BCUT2D eigenvalue weighted by atomic mass is 16.5. The fourth-order valence-corrected chi connectivity index (χ4v) is 3.72. The highest BCUT2D eigenvalue weighted by Gasteiger charge is 2.36. The van der Waals surface area contributed by atoms with E-state index >= 15 is 0 Å². The van der Waals surface area contributed by atoms with Gasteiger partial charge in [0.2, 0.25) is 5.91 Å². The second kappa shape index (κ2) is 8.25. The van der Waals surface area contributed by atoms with Gasteiger partial charge in [0, 0.05) is 0 Å². The topological polar surface area (TPSA) is 92.7 Å². The molecule has 0 heterocycles. The molecule has 6 heteroatoms. The van der Waals surface area contributed by atoms with E-state index in [0.29, 0.717) is 0 Å². The number of rotatable bonds is 7. The van der Waals surface area contributed by atoms with Crippen molar-refractivity contribution < 1.29 is 24.2 Å². The van der Waals surface area contributed by atoms with Crippen molar-refractivity contribution in [2.75, 3.05) is 6.61 Å². The van der Waals surface area contributed by atoms with Crippen LogP contribution < -0.4 is 5.32 Å². The zero-order chi connectivity index (χ0) is 20.3. The molecule has 0 saturated carbocycles. The molecule has 0 aromatic heterocycles. The zero-order valence-electron chi connectivity index (χ0n) is 15.8. The van der Waals surface area contributed by atoms with Crippen molar-refractivity contribution in [3.8, 4) is 11.1 Å². The predicted octanol–water partition coefficient (Wildman–Crippen LogP) is 2.96. The van der Waals surface area contributed by atoms with Crippen LogP contribution in [0.25, 0.3) is 11.1 Å². The van der Waals surface area contributed by atoms with Gasteiger partial charge < -0.3 is 15.2 Å². The van der Waals surface area contributed by atoms with Crippen molar-refractivity contribution in [3.05, 3.63) is 59.7 Å². The first-order chi connectivity index (χ1) is 13.4. The molecule has 0 bridgehead atoms. The second-order valence-electron chi connectivity index (χ2n) is 6.92. The van der Waals surface area contributed by atoms with Crippen LogP contribution in [0.5, 0.6) is 0 Å². The van der Waals surface area contributed by atoms with E-state index in [-0.39, 0.29) is 18.9 Å². The molecule has 2 aromatic carbocycles. The predicted molar refractivity (Wildman–Crippen MR) is 104 cm³/mol. The summed E-state index contributed by atoms with van der Waals surface area (Å²) in [5, 5.41) is 12.2. The van der Waals surface area contributed by atoms with Gasteiger partial charge in [-0.1, -0.05) is 55.5 Å². The molecule has 146 valence electrons. The highest BCUT2D eigenvalue weighted by molar-refractivity contribution is 5.97. The Hall–Kier alpha value is -3.15. The van der Waals surface area contributed by atoms with Gasteiger partial charge in [0.05, 0.1) is 18.9 Å².